The first-order valence-electron chi connectivity index (χ1n) is 8.66. The van der Waals surface area contributed by atoms with Crippen molar-refractivity contribution in [2.24, 2.45) is 17.1 Å². The summed E-state index contributed by atoms with van der Waals surface area (Å²) < 4.78 is 0. The largest absolute Gasteiger partial charge is 0.390 e. The predicted octanol–water partition coefficient (Wildman–Crippen LogP) is 1.96. The fourth-order valence-corrected chi connectivity index (χ4v) is 4.28. The molecule has 4 N–H and O–H groups in total. The van der Waals surface area contributed by atoms with Crippen LogP contribution in [0.25, 0.3) is 0 Å². The summed E-state index contributed by atoms with van der Waals surface area (Å²) in [4.78, 5) is 25.6. The lowest BCUT2D eigenvalue weighted by molar-refractivity contribution is -0.131. The number of hydrogen-bond acceptors (Lipinski definition) is 4. The van der Waals surface area contributed by atoms with Crippen molar-refractivity contribution in [3.05, 3.63) is 12.3 Å². The average molecular weight is 335 g/mol. The van der Waals surface area contributed by atoms with Gasteiger partial charge in [-0.3, -0.25) is 15.0 Å². The Labute approximate surface area is 143 Å². The van der Waals surface area contributed by atoms with Gasteiger partial charge in [0.05, 0.1) is 5.60 Å². The number of carbonyl (C=O) groups excluding carboxylic acids is 2. The molecule has 24 heavy (non-hydrogen) atoms. The van der Waals surface area contributed by atoms with Crippen molar-refractivity contribution in [2.75, 3.05) is 0 Å². The number of aliphatic hydroxyl groups is 1. The van der Waals surface area contributed by atoms with E-state index in [1.54, 1.807) is 19.2 Å². The third-order valence-corrected chi connectivity index (χ3v) is 5.33. The summed E-state index contributed by atoms with van der Waals surface area (Å²) in [6.45, 7) is 5.78. The molecular formula is C18H29N3O3. The average Bonchev–Trinajstić information content (AvgIpc) is 2.92. The second kappa shape index (κ2) is 6.67. The van der Waals surface area contributed by atoms with Crippen molar-refractivity contribution in [2.45, 2.75) is 70.9 Å². The Balaban J connectivity index is 2.21. The molecule has 0 aromatic rings. The number of primary amides is 1. The van der Waals surface area contributed by atoms with Crippen LogP contribution in [0.3, 0.4) is 0 Å². The topological polar surface area (TPSA) is 107 Å². The van der Waals surface area contributed by atoms with Gasteiger partial charge < -0.3 is 15.7 Å². The summed E-state index contributed by atoms with van der Waals surface area (Å²) in [5.41, 5.74) is 3.69. The van der Waals surface area contributed by atoms with Gasteiger partial charge in [0.2, 0.25) is 5.91 Å². The Morgan fingerprint density at radius 2 is 2.04 bits per heavy atom. The molecule has 134 valence electrons. The van der Waals surface area contributed by atoms with E-state index in [-0.39, 0.29) is 5.71 Å². The van der Waals surface area contributed by atoms with Crippen LogP contribution in [0, 0.1) is 16.7 Å². The molecule has 3 unspecified atom stereocenters. The Morgan fingerprint density at radius 3 is 2.67 bits per heavy atom. The molecule has 0 saturated heterocycles. The standard InChI is InChI=1S/C18H29N3O3/c1-12-6-4-8-17(2,11-18(3,24)10-12)14(19)16(23)21-9-5-7-13(21)15(20)22/h5,9,12-13,19,24H,4,6-8,10-11H2,1-3H3,(H2,20,22)/t12?,13?,17?,18-/m0/s1. The molecule has 0 radical (unpaired) electrons. The predicted molar refractivity (Wildman–Crippen MR) is 92.3 cm³/mol. The quantitative estimate of drug-likeness (QED) is 0.686. The highest BCUT2D eigenvalue weighted by Gasteiger charge is 2.44. The maximum absolute atomic E-state index is 12.8. The number of nitrogens with one attached hydrogen (secondary N) is 1. The SMILES string of the molecule is CC1CCCC(C)(C(=N)C(=O)N2C=CCC2C(N)=O)C[C@@](C)(O)C1. The molecule has 1 aliphatic heterocycles. The molecule has 1 fully saturated rings. The highest BCUT2D eigenvalue weighted by atomic mass is 16.3. The van der Waals surface area contributed by atoms with E-state index in [0.717, 1.165) is 12.8 Å². The van der Waals surface area contributed by atoms with Crippen LogP contribution in [-0.4, -0.2) is 39.2 Å². The lowest BCUT2D eigenvalue weighted by atomic mass is 9.67. The minimum absolute atomic E-state index is 0.0462. The summed E-state index contributed by atoms with van der Waals surface area (Å²) >= 11 is 0. The maximum Gasteiger partial charge on any atom is 0.272 e. The first kappa shape index (κ1) is 18.6. The zero-order chi connectivity index (χ0) is 18.1. The van der Waals surface area contributed by atoms with E-state index in [4.69, 9.17) is 11.1 Å². The first-order valence-corrected chi connectivity index (χ1v) is 8.66. The molecule has 6 heteroatoms. The molecule has 2 amide bonds. The van der Waals surface area contributed by atoms with Crippen molar-refractivity contribution in [3.63, 3.8) is 0 Å². The Morgan fingerprint density at radius 1 is 1.38 bits per heavy atom. The number of hydrogen-bond donors (Lipinski definition) is 3. The van der Waals surface area contributed by atoms with Crippen LogP contribution in [0.15, 0.2) is 12.3 Å². The molecule has 2 rings (SSSR count). The van der Waals surface area contributed by atoms with Gasteiger partial charge in [-0.15, -0.1) is 0 Å². The Bertz CT molecular complexity index is 570. The number of nitrogens with zero attached hydrogens (tertiary/aromatic N) is 1. The molecule has 1 saturated carbocycles. The minimum Gasteiger partial charge on any atom is -0.390 e. The van der Waals surface area contributed by atoms with E-state index in [1.807, 2.05) is 6.92 Å². The lowest BCUT2D eigenvalue weighted by Crippen LogP contribution is -2.50. The van der Waals surface area contributed by atoms with Gasteiger partial charge in [-0.1, -0.05) is 32.8 Å². The third-order valence-electron chi connectivity index (χ3n) is 5.33. The van der Waals surface area contributed by atoms with Crippen LogP contribution in [-0.2, 0) is 9.59 Å². The highest BCUT2D eigenvalue weighted by molar-refractivity contribution is 6.40. The smallest absolute Gasteiger partial charge is 0.272 e. The summed E-state index contributed by atoms with van der Waals surface area (Å²) in [6.07, 6.45) is 7.25. The van der Waals surface area contributed by atoms with Crippen molar-refractivity contribution in [1.29, 1.82) is 5.41 Å². The van der Waals surface area contributed by atoms with Gasteiger partial charge in [0.1, 0.15) is 11.8 Å². The zero-order valence-electron chi connectivity index (χ0n) is 14.8. The van der Waals surface area contributed by atoms with Crippen molar-refractivity contribution < 1.29 is 14.7 Å². The van der Waals surface area contributed by atoms with Crippen molar-refractivity contribution in [1.82, 2.24) is 4.90 Å². The van der Waals surface area contributed by atoms with Crippen LogP contribution in [0.5, 0.6) is 0 Å². The second-order valence-electron chi connectivity index (χ2n) is 8.06. The molecule has 2 aliphatic rings. The van der Waals surface area contributed by atoms with E-state index >= 15 is 0 Å². The van der Waals surface area contributed by atoms with Crippen LogP contribution in [0.2, 0.25) is 0 Å². The van der Waals surface area contributed by atoms with Crippen molar-refractivity contribution in [3.8, 4) is 0 Å². The Kier molecular flexibility index (Phi) is 5.18. The maximum atomic E-state index is 12.8. The second-order valence-corrected chi connectivity index (χ2v) is 8.06. The van der Waals surface area contributed by atoms with E-state index < -0.39 is 28.9 Å². The normalized spacial score (nSPS) is 36.9. The van der Waals surface area contributed by atoms with Gasteiger partial charge in [0.15, 0.2) is 0 Å². The van der Waals surface area contributed by atoms with Gasteiger partial charge in [-0.2, -0.15) is 0 Å². The van der Waals surface area contributed by atoms with Crippen LogP contribution in [0.1, 0.15) is 59.3 Å². The van der Waals surface area contributed by atoms with Crippen LogP contribution >= 0.6 is 0 Å². The fourth-order valence-electron chi connectivity index (χ4n) is 4.28. The molecule has 0 aromatic carbocycles. The highest BCUT2D eigenvalue weighted by Crippen LogP contribution is 2.41. The monoisotopic (exact) mass is 335 g/mol. The van der Waals surface area contributed by atoms with E-state index in [0.29, 0.717) is 31.6 Å². The fraction of sp³-hybridized carbons (Fsp3) is 0.722. The molecule has 6 nitrogen and oxygen atoms in total. The van der Waals surface area contributed by atoms with Crippen LogP contribution in [0.4, 0.5) is 0 Å². The molecule has 1 aliphatic carbocycles. The number of nitrogens with two attached hydrogens (primary N) is 1. The van der Waals surface area contributed by atoms with E-state index in [1.165, 1.54) is 4.90 Å². The minimum atomic E-state index is -0.912. The van der Waals surface area contributed by atoms with Gasteiger partial charge in [0.25, 0.3) is 5.91 Å². The molecule has 4 atom stereocenters. The third kappa shape index (κ3) is 3.86. The number of amides is 2. The summed E-state index contributed by atoms with van der Waals surface area (Å²) in [6, 6.07) is -0.712. The van der Waals surface area contributed by atoms with E-state index in [2.05, 4.69) is 6.92 Å². The molecule has 0 aromatic heterocycles. The molecule has 1 heterocycles. The molecular weight excluding hydrogens is 306 g/mol. The first-order chi connectivity index (χ1) is 11.1. The van der Waals surface area contributed by atoms with Gasteiger partial charge >= 0.3 is 0 Å². The number of rotatable bonds is 3. The lowest BCUT2D eigenvalue weighted by Gasteiger charge is -2.41. The summed E-state index contributed by atoms with van der Waals surface area (Å²) in [5.74, 6) is -0.626. The van der Waals surface area contributed by atoms with E-state index in [9.17, 15) is 14.7 Å². The van der Waals surface area contributed by atoms with Gasteiger partial charge in [0, 0.05) is 11.6 Å². The van der Waals surface area contributed by atoms with Gasteiger partial charge in [-0.05, 0) is 38.5 Å². The van der Waals surface area contributed by atoms with Crippen molar-refractivity contribution >= 4 is 17.5 Å². The summed E-state index contributed by atoms with van der Waals surface area (Å²) in [7, 11) is 0. The zero-order valence-corrected chi connectivity index (χ0v) is 14.8. The van der Waals surface area contributed by atoms with Crippen LogP contribution < -0.4 is 5.73 Å². The Hall–Kier alpha value is -1.69. The van der Waals surface area contributed by atoms with Gasteiger partial charge in [-0.25, -0.2) is 0 Å². The summed E-state index contributed by atoms with van der Waals surface area (Å²) in [5, 5.41) is 19.2. The number of carbonyl (C=O) groups is 2. The molecule has 0 bridgehead atoms. The molecule has 0 spiro atoms.